The summed E-state index contributed by atoms with van der Waals surface area (Å²) < 4.78 is 3.78. The summed E-state index contributed by atoms with van der Waals surface area (Å²) in [5.41, 5.74) is 4.46. The van der Waals surface area contributed by atoms with Crippen LogP contribution in [0.5, 0.6) is 0 Å². The fourth-order valence-electron chi connectivity index (χ4n) is 3.78. The van der Waals surface area contributed by atoms with E-state index < -0.39 is 0 Å². The molecule has 1 saturated carbocycles. The molecule has 0 atom stereocenters. The molecule has 4 rings (SSSR count). The average molecular weight is 362 g/mol. The van der Waals surface area contributed by atoms with Gasteiger partial charge in [0, 0.05) is 19.3 Å². The second kappa shape index (κ2) is 7.43. The Balaban J connectivity index is 1.71. The largest absolute Gasteiger partial charge is 0.349 e. The third-order valence-corrected chi connectivity index (χ3v) is 5.37. The molecular weight excluding hydrogens is 336 g/mol. The van der Waals surface area contributed by atoms with Crippen molar-refractivity contribution in [3.63, 3.8) is 0 Å². The van der Waals surface area contributed by atoms with Crippen molar-refractivity contribution in [3.05, 3.63) is 59.9 Å². The Bertz CT molecular complexity index is 930. The fraction of sp³-hybridized carbons (Fsp3) is 0.364. The second-order valence-electron chi connectivity index (χ2n) is 7.47. The van der Waals surface area contributed by atoms with E-state index in [1.807, 2.05) is 60.3 Å². The third kappa shape index (κ3) is 3.68. The van der Waals surface area contributed by atoms with Crippen molar-refractivity contribution in [2.45, 2.75) is 45.1 Å². The maximum absolute atomic E-state index is 13.1. The van der Waals surface area contributed by atoms with Crippen molar-refractivity contribution >= 4 is 5.91 Å². The van der Waals surface area contributed by atoms with Crippen molar-refractivity contribution < 1.29 is 4.79 Å². The Morgan fingerprint density at radius 3 is 2.52 bits per heavy atom. The topological polar surface area (TPSA) is 51.9 Å². The number of carbonyl (C=O) groups excluding carboxylic acids is 1. The Kier molecular flexibility index (Phi) is 4.84. The van der Waals surface area contributed by atoms with Crippen LogP contribution in [0.2, 0.25) is 0 Å². The summed E-state index contributed by atoms with van der Waals surface area (Å²) in [4.78, 5) is 13.1. The molecule has 0 aliphatic heterocycles. The van der Waals surface area contributed by atoms with Crippen LogP contribution >= 0.6 is 0 Å². The number of carbonyl (C=O) groups is 1. The number of amides is 1. The van der Waals surface area contributed by atoms with Crippen molar-refractivity contribution in [2.24, 2.45) is 7.05 Å². The molecule has 140 valence electrons. The van der Waals surface area contributed by atoms with Crippen molar-refractivity contribution in [1.29, 1.82) is 0 Å². The van der Waals surface area contributed by atoms with Gasteiger partial charge >= 0.3 is 0 Å². The lowest BCUT2D eigenvalue weighted by Crippen LogP contribution is -2.37. The first-order chi connectivity index (χ1) is 13.1. The highest BCUT2D eigenvalue weighted by atomic mass is 16.2. The standard InChI is InChI=1S/C22H26N4O/c1-16-10-12-18(13-11-16)26-21(22(27)23-17-7-4-3-5-8-17)15-19(24-26)20-9-6-14-25(20)2/h6,9-15,17H,3-5,7-8H2,1-2H3,(H,23,27). The Morgan fingerprint density at radius 1 is 1.11 bits per heavy atom. The zero-order valence-corrected chi connectivity index (χ0v) is 16.0. The molecule has 1 N–H and O–H groups in total. The van der Waals surface area contributed by atoms with Crippen LogP contribution in [0.1, 0.15) is 48.2 Å². The maximum atomic E-state index is 13.1. The zero-order valence-electron chi connectivity index (χ0n) is 16.0. The van der Waals surface area contributed by atoms with Gasteiger partial charge in [0.05, 0.1) is 11.4 Å². The van der Waals surface area contributed by atoms with Crippen LogP contribution in [-0.4, -0.2) is 26.3 Å². The van der Waals surface area contributed by atoms with Gasteiger partial charge in [0.1, 0.15) is 11.4 Å². The van der Waals surface area contributed by atoms with Crippen LogP contribution in [0.25, 0.3) is 17.1 Å². The molecule has 0 spiro atoms. The minimum absolute atomic E-state index is 0.0459. The maximum Gasteiger partial charge on any atom is 0.270 e. The number of hydrogen-bond acceptors (Lipinski definition) is 2. The second-order valence-corrected chi connectivity index (χ2v) is 7.47. The SMILES string of the molecule is Cc1ccc(-n2nc(-c3cccn3C)cc2C(=O)NC2CCCCC2)cc1. The van der Waals surface area contributed by atoms with Gasteiger partial charge in [0.15, 0.2) is 0 Å². The van der Waals surface area contributed by atoms with Crippen molar-refractivity contribution in [2.75, 3.05) is 0 Å². The molecule has 0 radical (unpaired) electrons. The molecule has 1 aromatic carbocycles. The Morgan fingerprint density at radius 2 is 1.85 bits per heavy atom. The van der Waals surface area contributed by atoms with Crippen LogP contribution in [0.4, 0.5) is 0 Å². The van der Waals surface area contributed by atoms with Gasteiger partial charge in [-0.1, -0.05) is 37.0 Å². The van der Waals surface area contributed by atoms with E-state index in [0.29, 0.717) is 5.69 Å². The van der Waals surface area contributed by atoms with Gasteiger partial charge in [-0.05, 0) is 50.1 Å². The van der Waals surface area contributed by atoms with E-state index in [2.05, 4.69) is 12.2 Å². The van der Waals surface area contributed by atoms with E-state index in [1.54, 1.807) is 4.68 Å². The summed E-state index contributed by atoms with van der Waals surface area (Å²) in [5.74, 6) is -0.0459. The van der Waals surface area contributed by atoms with Gasteiger partial charge in [-0.25, -0.2) is 4.68 Å². The monoisotopic (exact) mass is 362 g/mol. The molecular formula is C22H26N4O. The van der Waals surface area contributed by atoms with Gasteiger partial charge in [-0.15, -0.1) is 0 Å². The molecule has 27 heavy (non-hydrogen) atoms. The van der Waals surface area contributed by atoms with E-state index >= 15 is 0 Å². The van der Waals surface area contributed by atoms with Crippen LogP contribution in [-0.2, 0) is 7.05 Å². The Labute approximate surface area is 160 Å². The number of aromatic nitrogens is 3. The molecule has 1 aliphatic rings. The summed E-state index contributed by atoms with van der Waals surface area (Å²) in [5, 5.41) is 7.99. The van der Waals surface area contributed by atoms with Crippen molar-refractivity contribution in [1.82, 2.24) is 19.7 Å². The smallest absolute Gasteiger partial charge is 0.270 e. The van der Waals surface area contributed by atoms with E-state index in [0.717, 1.165) is 29.9 Å². The molecule has 0 unspecified atom stereocenters. The average Bonchev–Trinajstić information content (AvgIpc) is 3.29. The molecule has 0 bridgehead atoms. The first kappa shape index (κ1) is 17.6. The number of rotatable bonds is 4. The molecule has 1 aliphatic carbocycles. The van der Waals surface area contributed by atoms with Crippen molar-refractivity contribution in [3.8, 4) is 17.1 Å². The summed E-state index contributed by atoms with van der Waals surface area (Å²) in [6.07, 6.45) is 7.77. The highest BCUT2D eigenvalue weighted by Gasteiger charge is 2.22. The summed E-state index contributed by atoms with van der Waals surface area (Å²) in [7, 11) is 1.99. The first-order valence-corrected chi connectivity index (χ1v) is 9.71. The highest BCUT2D eigenvalue weighted by molar-refractivity contribution is 5.94. The molecule has 2 heterocycles. The van der Waals surface area contributed by atoms with Crippen LogP contribution in [0.3, 0.4) is 0 Å². The molecule has 3 aromatic rings. The van der Waals surface area contributed by atoms with E-state index in [9.17, 15) is 4.79 Å². The molecule has 1 amide bonds. The van der Waals surface area contributed by atoms with Gasteiger partial charge in [-0.2, -0.15) is 5.10 Å². The van der Waals surface area contributed by atoms with Crippen LogP contribution in [0.15, 0.2) is 48.7 Å². The quantitative estimate of drug-likeness (QED) is 0.754. The lowest BCUT2D eigenvalue weighted by atomic mass is 9.95. The third-order valence-electron chi connectivity index (χ3n) is 5.37. The minimum Gasteiger partial charge on any atom is -0.349 e. The molecule has 0 saturated heterocycles. The summed E-state index contributed by atoms with van der Waals surface area (Å²) in [6, 6.07) is 14.3. The fourth-order valence-corrected chi connectivity index (χ4v) is 3.78. The first-order valence-electron chi connectivity index (χ1n) is 9.71. The molecule has 5 nitrogen and oxygen atoms in total. The highest BCUT2D eigenvalue weighted by Crippen LogP contribution is 2.23. The Hall–Kier alpha value is -2.82. The normalized spacial score (nSPS) is 15.0. The van der Waals surface area contributed by atoms with Crippen LogP contribution < -0.4 is 5.32 Å². The summed E-state index contributed by atoms with van der Waals surface area (Å²) >= 11 is 0. The number of nitrogens with zero attached hydrogens (tertiary/aromatic N) is 3. The molecule has 1 fully saturated rings. The number of benzene rings is 1. The lowest BCUT2D eigenvalue weighted by Gasteiger charge is -2.22. The number of aryl methyl sites for hydroxylation is 2. The van der Waals surface area contributed by atoms with Gasteiger partial charge < -0.3 is 9.88 Å². The van der Waals surface area contributed by atoms with Crippen LogP contribution in [0, 0.1) is 6.92 Å². The van der Waals surface area contributed by atoms with Gasteiger partial charge in [0.2, 0.25) is 0 Å². The predicted molar refractivity (Wildman–Crippen MR) is 107 cm³/mol. The lowest BCUT2D eigenvalue weighted by molar-refractivity contribution is 0.0920. The minimum atomic E-state index is -0.0459. The van der Waals surface area contributed by atoms with E-state index in [4.69, 9.17) is 5.10 Å². The van der Waals surface area contributed by atoms with E-state index in [1.165, 1.54) is 24.8 Å². The van der Waals surface area contributed by atoms with Gasteiger partial charge in [0.25, 0.3) is 5.91 Å². The van der Waals surface area contributed by atoms with Gasteiger partial charge in [-0.3, -0.25) is 4.79 Å². The predicted octanol–water partition coefficient (Wildman–Crippen LogP) is 4.25. The summed E-state index contributed by atoms with van der Waals surface area (Å²) in [6.45, 7) is 2.05. The van der Waals surface area contributed by atoms with E-state index in [-0.39, 0.29) is 11.9 Å². The zero-order chi connectivity index (χ0) is 18.8. The number of hydrogen-bond donors (Lipinski definition) is 1. The molecule has 5 heteroatoms. The molecule has 2 aromatic heterocycles. The number of nitrogens with one attached hydrogen (secondary N) is 1.